The lowest BCUT2D eigenvalue weighted by atomic mass is 9.78. The van der Waals surface area contributed by atoms with Gasteiger partial charge in [-0.3, -0.25) is 9.91 Å². The first-order chi connectivity index (χ1) is 12.3. The molecule has 0 radical (unpaired) electrons. The molecule has 2 bridgehead atoms. The van der Waals surface area contributed by atoms with Crippen LogP contribution in [0.25, 0.3) is 0 Å². The summed E-state index contributed by atoms with van der Waals surface area (Å²) in [5.74, 6) is 0.673. The van der Waals surface area contributed by atoms with Gasteiger partial charge in [0.2, 0.25) is 0 Å². The summed E-state index contributed by atoms with van der Waals surface area (Å²) in [6, 6.07) is 19.8. The average Bonchev–Trinajstić information content (AvgIpc) is 3.05. The fourth-order valence-corrected chi connectivity index (χ4v) is 4.73. The van der Waals surface area contributed by atoms with E-state index >= 15 is 0 Å². The topological polar surface area (TPSA) is 44.9 Å². The Morgan fingerprint density at radius 1 is 0.920 bits per heavy atom. The third-order valence-electron chi connectivity index (χ3n) is 5.97. The Balaban J connectivity index is 1.53. The van der Waals surface area contributed by atoms with Crippen molar-refractivity contribution in [1.29, 1.82) is 0 Å². The van der Waals surface area contributed by atoms with Gasteiger partial charge in [0, 0.05) is 11.6 Å². The van der Waals surface area contributed by atoms with Gasteiger partial charge >= 0.3 is 0 Å². The zero-order valence-corrected chi connectivity index (χ0v) is 14.4. The van der Waals surface area contributed by atoms with E-state index in [1.807, 2.05) is 12.1 Å². The highest BCUT2D eigenvalue weighted by Gasteiger charge is 2.49. The molecule has 2 unspecified atom stereocenters. The minimum absolute atomic E-state index is 0.291. The largest absolute Gasteiger partial charge is 0.399 e. The summed E-state index contributed by atoms with van der Waals surface area (Å²) in [5.41, 5.74) is 10.8. The van der Waals surface area contributed by atoms with Gasteiger partial charge in [-0.2, -0.15) is 5.10 Å². The monoisotopic (exact) mass is 332 g/mol. The Morgan fingerprint density at radius 3 is 2.36 bits per heavy atom. The van der Waals surface area contributed by atoms with Gasteiger partial charge in [-0.05, 0) is 49.2 Å². The number of nitrogens with two attached hydrogens (primary N) is 1. The number of benzene rings is 2. The van der Waals surface area contributed by atoms with Crippen molar-refractivity contribution in [3.8, 4) is 0 Å². The number of hydrogen-bond acceptors (Lipinski definition) is 4. The molecule has 2 aromatic carbocycles. The summed E-state index contributed by atoms with van der Waals surface area (Å²) in [7, 11) is 0. The first-order valence-electron chi connectivity index (χ1n) is 9.28. The number of fused-ring (bicyclic) bond motifs is 2. The molecule has 4 heteroatoms. The van der Waals surface area contributed by atoms with Crippen molar-refractivity contribution < 1.29 is 0 Å². The van der Waals surface area contributed by atoms with Crippen LogP contribution in [0, 0.1) is 5.92 Å². The highest BCUT2D eigenvalue weighted by molar-refractivity contribution is 5.95. The fourth-order valence-electron chi connectivity index (χ4n) is 4.73. The lowest BCUT2D eigenvalue weighted by Crippen LogP contribution is -2.56. The Labute approximate surface area is 148 Å². The zero-order valence-electron chi connectivity index (χ0n) is 14.4. The predicted molar refractivity (Wildman–Crippen MR) is 101 cm³/mol. The second kappa shape index (κ2) is 5.88. The molecule has 0 aromatic heterocycles. The van der Waals surface area contributed by atoms with Crippen LogP contribution in [0.15, 0.2) is 59.7 Å². The number of nitrogen functional groups attached to an aromatic ring is 1. The highest BCUT2D eigenvalue weighted by Crippen LogP contribution is 2.43. The maximum atomic E-state index is 5.92. The molecule has 2 atom stereocenters. The third-order valence-corrected chi connectivity index (χ3v) is 5.97. The SMILES string of the molecule is Nc1ccc(C2C3C(=NN2Cc2ccccc2)C2CCN3CC2)cc1. The second-order valence-electron chi connectivity index (χ2n) is 7.47. The zero-order chi connectivity index (χ0) is 16.8. The van der Waals surface area contributed by atoms with Gasteiger partial charge in [0.25, 0.3) is 0 Å². The van der Waals surface area contributed by atoms with Crippen LogP contribution in [0.2, 0.25) is 0 Å². The molecule has 2 N–H and O–H groups in total. The lowest BCUT2D eigenvalue weighted by molar-refractivity contribution is 0.0938. The fraction of sp³-hybridized carbons (Fsp3) is 0.381. The van der Waals surface area contributed by atoms with Gasteiger partial charge in [-0.25, -0.2) is 0 Å². The van der Waals surface area contributed by atoms with Gasteiger partial charge in [-0.1, -0.05) is 42.5 Å². The van der Waals surface area contributed by atoms with Gasteiger partial charge in [0.1, 0.15) is 0 Å². The van der Waals surface area contributed by atoms with Crippen LogP contribution < -0.4 is 5.73 Å². The molecule has 0 saturated carbocycles. The number of hydrazone groups is 1. The Morgan fingerprint density at radius 2 is 1.64 bits per heavy atom. The predicted octanol–water partition coefficient (Wildman–Crippen LogP) is 3.28. The van der Waals surface area contributed by atoms with Crippen molar-refractivity contribution in [1.82, 2.24) is 9.91 Å². The number of piperidine rings is 3. The number of rotatable bonds is 3. The van der Waals surface area contributed by atoms with Crippen molar-refractivity contribution in [2.75, 3.05) is 18.8 Å². The van der Waals surface area contributed by atoms with Crippen LogP contribution in [0.1, 0.15) is 30.0 Å². The van der Waals surface area contributed by atoms with Crippen molar-refractivity contribution in [3.05, 3.63) is 65.7 Å². The van der Waals surface area contributed by atoms with Crippen molar-refractivity contribution in [3.63, 3.8) is 0 Å². The first kappa shape index (κ1) is 15.0. The molecule has 2 aromatic rings. The molecule has 3 fully saturated rings. The molecular weight excluding hydrogens is 308 g/mol. The normalized spacial score (nSPS) is 30.2. The minimum Gasteiger partial charge on any atom is -0.399 e. The molecule has 0 spiro atoms. The summed E-state index contributed by atoms with van der Waals surface area (Å²) in [5, 5.41) is 7.46. The molecular formula is C21H24N4. The number of nitrogens with zero attached hydrogens (tertiary/aromatic N) is 3. The van der Waals surface area contributed by atoms with Crippen LogP contribution in [0.3, 0.4) is 0 Å². The van der Waals surface area contributed by atoms with E-state index in [0.29, 0.717) is 18.0 Å². The molecule has 0 aliphatic carbocycles. The second-order valence-corrected chi connectivity index (χ2v) is 7.47. The van der Waals surface area contributed by atoms with Crippen molar-refractivity contribution >= 4 is 11.4 Å². The summed E-state index contributed by atoms with van der Waals surface area (Å²) in [6.45, 7) is 3.27. The lowest BCUT2D eigenvalue weighted by Gasteiger charge is -2.46. The van der Waals surface area contributed by atoms with Gasteiger partial charge in [0.05, 0.1) is 24.3 Å². The average molecular weight is 332 g/mol. The molecule has 25 heavy (non-hydrogen) atoms. The molecule has 4 aliphatic heterocycles. The summed E-state index contributed by atoms with van der Waals surface area (Å²) in [6.07, 6.45) is 2.53. The van der Waals surface area contributed by atoms with E-state index in [2.05, 4.69) is 52.4 Å². The summed E-state index contributed by atoms with van der Waals surface area (Å²) < 4.78 is 0. The smallest absolute Gasteiger partial charge is 0.0933 e. The Hall–Kier alpha value is -2.33. The minimum atomic E-state index is 0.291. The van der Waals surface area contributed by atoms with Gasteiger partial charge in [-0.15, -0.1) is 0 Å². The molecule has 4 nitrogen and oxygen atoms in total. The summed E-state index contributed by atoms with van der Waals surface area (Å²) >= 11 is 0. The third kappa shape index (κ3) is 2.52. The van der Waals surface area contributed by atoms with Crippen molar-refractivity contribution in [2.45, 2.75) is 31.5 Å². The van der Waals surface area contributed by atoms with Crippen LogP contribution >= 0.6 is 0 Å². The molecule has 3 saturated heterocycles. The molecule has 4 aliphatic rings. The van der Waals surface area contributed by atoms with Crippen molar-refractivity contribution in [2.24, 2.45) is 11.0 Å². The van der Waals surface area contributed by atoms with E-state index in [4.69, 9.17) is 10.8 Å². The van der Waals surface area contributed by atoms with Gasteiger partial charge < -0.3 is 5.73 Å². The molecule has 6 rings (SSSR count). The maximum absolute atomic E-state index is 5.92. The summed E-state index contributed by atoms with van der Waals surface area (Å²) in [4.78, 5) is 2.64. The highest BCUT2D eigenvalue weighted by atomic mass is 15.5. The van der Waals surface area contributed by atoms with Crippen LogP contribution in [-0.4, -0.2) is 34.8 Å². The van der Waals surface area contributed by atoms with E-state index in [9.17, 15) is 0 Å². The van der Waals surface area contributed by atoms with Crippen LogP contribution in [-0.2, 0) is 6.54 Å². The Bertz CT molecular complexity index is 775. The molecule has 0 amide bonds. The van der Waals surface area contributed by atoms with E-state index in [-0.39, 0.29) is 0 Å². The maximum Gasteiger partial charge on any atom is 0.0933 e. The number of hydrogen-bond donors (Lipinski definition) is 1. The Kier molecular flexibility index (Phi) is 3.52. The molecule has 4 heterocycles. The van der Waals surface area contributed by atoms with E-state index in [1.165, 1.54) is 42.8 Å². The standard InChI is InChI=1S/C21H24N4/c22-18-8-6-17(7-9-18)20-21-19(16-10-12-24(21)13-11-16)23-25(20)14-15-4-2-1-3-5-15/h1-9,16,20-21H,10-14,22H2. The van der Waals surface area contributed by atoms with Crippen LogP contribution in [0.4, 0.5) is 5.69 Å². The first-order valence-corrected chi connectivity index (χ1v) is 9.28. The van der Waals surface area contributed by atoms with E-state index in [1.54, 1.807) is 0 Å². The molecule has 128 valence electrons. The van der Waals surface area contributed by atoms with E-state index in [0.717, 1.165) is 12.2 Å². The van der Waals surface area contributed by atoms with Crippen LogP contribution in [0.5, 0.6) is 0 Å². The van der Waals surface area contributed by atoms with E-state index < -0.39 is 0 Å². The van der Waals surface area contributed by atoms with Gasteiger partial charge in [0.15, 0.2) is 0 Å². The quantitative estimate of drug-likeness (QED) is 0.878. The number of anilines is 1.